The van der Waals surface area contributed by atoms with E-state index in [0.717, 1.165) is 5.01 Å². The Labute approximate surface area is 125 Å². The zero-order valence-corrected chi connectivity index (χ0v) is 12.5. The van der Waals surface area contributed by atoms with Crippen LogP contribution >= 0.6 is 11.3 Å². The van der Waals surface area contributed by atoms with E-state index in [4.69, 9.17) is 10.8 Å². The van der Waals surface area contributed by atoms with E-state index in [-0.39, 0.29) is 17.2 Å². The summed E-state index contributed by atoms with van der Waals surface area (Å²) in [6, 6.07) is 4.32. The van der Waals surface area contributed by atoms with Crippen LogP contribution < -0.4 is 10.6 Å². The summed E-state index contributed by atoms with van der Waals surface area (Å²) in [5.41, 5.74) is 7.06. The average Bonchev–Trinajstić information content (AvgIpc) is 2.87. The average molecular weight is 305 g/mol. The van der Waals surface area contributed by atoms with Gasteiger partial charge >= 0.3 is 5.97 Å². The highest BCUT2D eigenvalue weighted by Gasteiger charge is 2.21. The maximum atomic E-state index is 12.5. The van der Waals surface area contributed by atoms with Crippen molar-refractivity contribution in [3.05, 3.63) is 39.8 Å². The third kappa shape index (κ3) is 3.03. The number of hydrogen-bond donors (Lipinski definition) is 2. The molecule has 0 unspecified atom stereocenters. The fourth-order valence-electron chi connectivity index (χ4n) is 1.96. The number of benzene rings is 1. The largest absolute Gasteiger partial charge is 0.478 e. The normalized spacial score (nSPS) is 10.4. The Bertz CT molecular complexity index is 697. The highest BCUT2D eigenvalue weighted by Crippen LogP contribution is 2.26. The monoisotopic (exact) mass is 305 g/mol. The van der Waals surface area contributed by atoms with Crippen molar-refractivity contribution >= 4 is 34.6 Å². The first-order chi connectivity index (χ1) is 9.93. The molecule has 110 valence electrons. The van der Waals surface area contributed by atoms with Crippen molar-refractivity contribution in [3.63, 3.8) is 0 Å². The number of hydrogen-bond acceptors (Lipinski definition) is 5. The molecule has 0 fully saturated rings. The second-order valence-corrected chi connectivity index (χ2v) is 5.44. The van der Waals surface area contributed by atoms with Crippen molar-refractivity contribution in [3.8, 4) is 0 Å². The zero-order valence-electron chi connectivity index (χ0n) is 11.7. The summed E-state index contributed by atoms with van der Waals surface area (Å²) < 4.78 is 0. The van der Waals surface area contributed by atoms with Gasteiger partial charge in [-0.25, -0.2) is 9.78 Å². The molecule has 1 heterocycles. The third-order valence-corrected chi connectivity index (χ3v) is 3.74. The first-order valence-corrected chi connectivity index (χ1v) is 7.18. The predicted octanol–water partition coefficient (Wildman–Crippen LogP) is 2.40. The van der Waals surface area contributed by atoms with Gasteiger partial charge in [-0.15, -0.1) is 11.3 Å². The van der Waals surface area contributed by atoms with Crippen LogP contribution in [0.15, 0.2) is 23.6 Å². The lowest BCUT2D eigenvalue weighted by Crippen LogP contribution is -2.31. The number of nitrogens with zero attached hydrogens (tertiary/aromatic N) is 2. The Kier molecular flexibility index (Phi) is 4.23. The van der Waals surface area contributed by atoms with Crippen LogP contribution in [-0.4, -0.2) is 28.5 Å². The number of carbonyl (C=O) groups excluding carboxylic acids is 1. The quantitative estimate of drug-likeness (QED) is 0.845. The maximum Gasteiger partial charge on any atom is 0.335 e. The third-order valence-electron chi connectivity index (χ3n) is 2.96. The van der Waals surface area contributed by atoms with Crippen LogP contribution in [0, 0.1) is 6.92 Å². The van der Waals surface area contributed by atoms with Crippen LogP contribution in [0.1, 0.15) is 32.8 Å². The van der Waals surface area contributed by atoms with Gasteiger partial charge in [0.1, 0.15) is 5.69 Å². The lowest BCUT2D eigenvalue weighted by molar-refractivity contribution is 0.0697. The van der Waals surface area contributed by atoms with Gasteiger partial charge in [0.05, 0.1) is 21.9 Å². The van der Waals surface area contributed by atoms with Gasteiger partial charge in [-0.05, 0) is 32.0 Å². The van der Waals surface area contributed by atoms with Crippen molar-refractivity contribution in [1.29, 1.82) is 0 Å². The van der Waals surface area contributed by atoms with Gasteiger partial charge in [0.15, 0.2) is 0 Å². The molecule has 0 aliphatic heterocycles. The van der Waals surface area contributed by atoms with E-state index in [2.05, 4.69) is 4.98 Å². The SMILES string of the molecule is CCN(C(=O)c1csc(C)n1)c1ccc(C(=O)O)cc1N. The van der Waals surface area contributed by atoms with Crippen LogP contribution in [0.3, 0.4) is 0 Å². The molecular weight excluding hydrogens is 290 g/mol. The number of carbonyl (C=O) groups is 2. The van der Waals surface area contributed by atoms with Crippen molar-refractivity contribution in [2.45, 2.75) is 13.8 Å². The first-order valence-electron chi connectivity index (χ1n) is 6.30. The van der Waals surface area contributed by atoms with Crippen molar-refractivity contribution in [1.82, 2.24) is 4.98 Å². The molecule has 0 saturated heterocycles. The number of aryl methyl sites for hydroxylation is 1. The smallest absolute Gasteiger partial charge is 0.335 e. The number of carboxylic acids is 1. The lowest BCUT2D eigenvalue weighted by atomic mass is 10.1. The van der Waals surface area contributed by atoms with Gasteiger partial charge in [-0.3, -0.25) is 4.79 Å². The van der Waals surface area contributed by atoms with Crippen LogP contribution in [0.2, 0.25) is 0 Å². The van der Waals surface area contributed by atoms with Crippen molar-refractivity contribution in [2.24, 2.45) is 0 Å². The molecular formula is C14H15N3O3S. The fraction of sp³-hybridized carbons (Fsp3) is 0.214. The lowest BCUT2D eigenvalue weighted by Gasteiger charge is -2.22. The minimum Gasteiger partial charge on any atom is -0.478 e. The minimum absolute atomic E-state index is 0.0873. The van der Waals surface area contributed by atoms with Crippen LogP contribution in [-0.2, 0) is 0 Å². The number of rotatable bonds is 4. The highest BCUT2D eigenvalue weighted by molar-refractivity contribution is 7.09. The number of nitrogens with two attached hydrogens (primary N) is 1. The molecule has 2 aromatic rings. The van der Waals surface area contributed by atoms with E-state index in [1.165, 1.54) is 28.4 Å². The Hall–Kier alpha value is -2.41. The van der Waals surface area contributed by atoms with Gasteiger partial charge in [-0.1, -0.05) is 0 Å². The Morgan fingerprint density at radius 1 is 1.43 bits per heavy atom. The Morgan fingerprint density at radius 2 is 2.14 bits per heavy atom. The highest BCUT2D eigenvalue weighted by atomic mass is 32.1. The molecule has 2 rings (SSSR count). The molecule has 1 aromatic carbocycles. The minimum atomic E-state index is -1.06. The second kappa shape index (κ2) is 5.92. The number of aromatic carboxylic acids is 1. The standard InChI is InChI=1S/C14H15N3O3S/c1-3-17(13(18)11-7-21-8(2)16-11)12-5-4-9(14(19)20)6-10(12)15/h4-7H,3,15H2,1-2H3,(H,19,20). The molecule has 21 heavy (non-hydrogen) atoms. The predicted molar refractivity (Wildman–Crippen MR) is 82.0 cm³/mol. The van der Waals surface area contributed by atoms with Gasteiger partial charge in [-0.2, -0.15) is 0 Å². The molecule has 0 atom stereocenters. The summed E-state index contributed by atoms with van der Waals surface area (Å²) in [4.78, 5) is 29.0. The zero-order chi connectivity index (χ0) is 15.6. The fourth-order valence-corrected chi connectivity index (χ4v) is 2.54. The topological polar surface area (TPSA) is 96.5 Å². The summed E-state index contributed by atoms with van der Waals surface area (Å²) in [5.74, 6) is -1.31. The molecule has 1 aromatic heterocycles. The van der Waals surface area contributed by atoms with E-state index in [1.807, 2.05) is 13.8 Å². The number of carboxylic acid groups (broad SMARTS) is 1. The molecule has 0 bridgehead atoms. The van der Waals surface area contributed by atoms with E-state index in [1.54, 1.807) is 11.4 Å². The van der Waals surface area contributed by atoms with Gasteiger partial charge in [0.25, 0.3) is 5.91 Å². The first kappa shape index (κ1) is 15.0. The van der Waals surface area contributed by atoms with Gasteiger partial charge < -0.3 is 15.7 Å². The summed E-state index contributed by atoms with van der Waals surface area (Å²) in [7, 11) is 0. The van der Waals surface area contributed by atoms with Crippen LogP contribution in [0.5, 0.6) is 0 Å². The molecule has 0 aliphatic carbocycles. The Morgan fingerprint density at radius 3 is 2.62 bits per heavy atom. The number of anilines is 2. The van der Waals surface area contributed by atoms with E-state index < -0.39 is 5.97 Å². The second-order valence-electron chi connectivity index (χ2n) is 4.38. The number of thiazole rings is 1. The number of nitrogen functional groups attached to an aromatic ring is 1. The van der Waals surface area contributed by atoms with Crippen molar-refractivity contribution < 1.29 is 14.7 Å². The van der Waals surface area contributed by atoms with E-state index in [9.17, 15) is 9.59 Å². The molecule has 1 amide bonds. The molecule has 3 N–H and O–H groups in total. The summed E-state index contributed by atoms with van der Waals surface area (Å²) >= 11 is 1.40. The number of amides is 1. The summed E-state index contributed by atoms with van der Waals surface area (Å²) in [6.45, 7) is 4.06. The molecule has 6 nitrogen and oxygen atoms in total. The molecule has 0 saturated carbocycles. The van der Waals surface area contributed by atoms with Gasteiger partial charge in [0.2, 0.25) is 0 Å². The van der Waals surface area contributed by atoms with Crippen LogP contribution in [0.25, 0.3) is 0 Å². The van der Waals surface area contributed by atoms with E-state index >= 15 is 0 Å². The Balaban J connectivity index is 2.37. The molecule has 0 aliphatic rings. The molecule has 0 radical (unpaired) electrons. The summed E-state index contributed by atoms with van der Waals surface area (Å²) in [6.07, 6.45) is 0. The van der Waals surface area contributed by atoms with Crippen molar-refractivity contribution in [2.75, 3.05) is 17.2 Å². The van der Waals surface area contributed by atoms with Gasteiger partial charge in [0, 0.05) is 11.9 Å². The van der Waals surface area contributed by atoms with E-state index in [0.29, 0.717) is 17.9 Å². The molecule has 0 spiro atoms. The maximum absolute atomic E-state index is 12.5. The summed E-state index contributed by atoms with van der Waals surface area (Å²) in [5, 5.41) is 11.4. The molecule has 7 heteroatoms. The number of aromatic nitrogens is 1. The van der Waals surface area contributed by atoms with Crippen LogP contribution in [0.4, 0.5) is 11.4 Å².